The maximum atomic E-state index is 12.1. The molecule has 0 heterocycles. The van der Waals surface area contributed by atoms with Gasteiger partial charge in [-0.2, -0.15) is 0 Å². The maximum absolute atomic E-state index is 12.1. The molecule has 0 saturated heterocycles. The number of benzene rings is 2. The molecule has 6 nitrogen and oxygen atoms in total. The van der Waals surface area contributed by atoms with E-state index >= 15 is 0 Å². The van der Waals surface area contributed by atoms with Crippen LogP contribution in [0, 0.1) is 0 Å². The van der Waals surface area contributed by atoms with Crippen molar-refractivity contribution in [2.45, 2.75) is 4.90 Å². The lowest BCUT2D eigenvalue weighted by Gasteiger charge is -2.08. The highest BCUT2D eigenvalue weighted by molar-refractivity contribution is 9.10. The van der Waals surface area contributed by atoms with Gasteiger partial charge >= 0.3 is 0 Å². The zero-order valence-corrected chi connectivity index (χ0v) is 13.1. The van der Waals surface area contributed by atoms with Crippen molar-refractivity contribution in [2.75, 3.05) is 11.1 Å². The number of primary sulfonamides is 1. The van der Waals surface area contributed by atoms with E-state index in [-0.39, 0.29) is 4.90 Å². The van der Waals surface area contributed by atoms with Crippen molar-refractivity contribution in [2.24, 2.45) is 5.14 Å². The molecule has 0 fully saturated rings. The van der Waals surface area contributed by atoms with Gasteiger partial charge in [-0.05, 0) is 36.4 Å². The van der Waals surface area contributed by atoms with Crippen LogP contribution in [0.15, 0.2) is 51.8 Å². The van der Waals surface area contributed by atoms with Crippen molar-refractivity contribution in [3.05, 3.63) is 52.5 Å². The monoisotopic (exact) mass is 369 g/mol. The van der Waals surface area contributed by atoms with Gasteiger partial charge < -0.3 is 11.1 Å². The molecule has 0 spiro atoms. The summed E-state index contributed by atoms with van der Waals surface area (Å²) < 4.78 is 23.2. The summed E-state index contributed by atoms with van der Waals surface area (Å²) in [5.41, 5.74) is 6.78. The Morgan fingerprint density at radius 3 is 2.48 bits per heavy atom. The first-order valence-electron chi connectivity index (χ1n) is 5.76. The number of rotatable bonds is 3. The van der Waals surface area contributed by atoms with Gasteiger partial charge in [0.15, 0.2) is 0 Å². The molecule has 1 amide bonds. The van der Waals surface area contributed by atoms with Crippen molar-refractivity contribution in [3.63, 3.8) is 0 Å². The second-order valence-corrected chi connectivity index (χ2v) is 6.78. The van der Waals surface area contributed by atoms with Crippen molar-refractivity contribution in [1.29, 1.82) is 0 Å². The Hall–Kier alpha value is -1.90. The number of carbonyl (C=O) groups is 1. The fraction of sp³-hybridized carbons (Fsp3) is 0. The number of hydrogen-bond donors (Lipinski definition) is 3. The number of nitrogen functional groups attached to an aromatic ring is 1. The van der Waals surface area contributed by atoms with Gasteiger partial charge in [0.2, 0.25) is 10.0 Å². The Balaban J connectivity index is 2.28. The SMILES string of the molecule is Nc1cc(Br)cc(C(=O)Nc2cccc(S(N)(=O)=O)c2)c1. The van der Waals surface area contributed by atoms with Gasteiger partial charge in [0.25, 0.3) is 5.91 Å². The molecule has 0 saturated carbocycles. The van der Waals surface area contributed by atoms with E-state index in [1.165, 1.54) is 24.3 Å². The second-order valence-electron chi connectivity index (χ2n) is 4.30. The molecule has 0 aliphatic rings. The molecule has 0 unspecified atom stereocenters. The van der Waals surface area contributed by atoms with E-state index in [9.17, 15) is 13.2 Å². The molecule has 0 aliphatic carbocycles. The molecule has 2 aromatic carbocycles. The normalized spacial score (nSPS) is 11.1. The topological polar surface area (TPSA) is 115 Å². The van der Waals surface area contributed by atoms with E-state index in [0.29, 0.717) is 21.4 Å². The van der Waals surface area contributed by atoms with E-state index in [2.05, 4.69) is 21.2 Å². The minimum atomic E-state index is -3.82. The van der Waals surface area contributed by atoms with Crippen molar-refractivity contribution >= 4 is 43.2 Å². The van der Waals surface area contributed by atoms with Crippen LogP contribution in [0.5, 0.6) is 0 Å². The lowest BCUT2D eigenvalue weighted by Crippen LogP contribution is -2.15. The summed E-state index contributed by atoms with van der Waals surface area (Å²) in [5.74, 6) is -0.408. The molecule has 0 aromatic heterocycles. The van der Waals surface area contributed by atoms with Crippen LogP contribution in [0.3, 0.4) is 0 Å². The van der Waals surface area contributed by atoms with Crippen LogP contribution in [0.4, 0.5) is 11.4 Å². The fourth-order valence-corrected chi connectivity index (χ4v) is 2.77. The average molecular weight is 370 g/mol. The summed E-state index contributed by atoms with van der Waals surface area (Å²) in [4.78, 5) is 12.0. The van der Waals surface area contributed by atoms with Gasteiger partial charge in [-0.3, -0.25) is 4.79 Å². The van der Waals surface area contributed by atoms with Crippen LogP contribution in [0.2, 0.25) is 0 Å². The molecule has 21 heavy (non-hydrogen) atoms. The van der Waals surface area contributed by atoms with Gasteiger partial charge in [0.1, 0.15) is 0 Å². The Labute approximate surface area is 130 Å². The van der Waals surface area contributed by atoms with Crippen LogP contribution in [0.25, 0.3) is 0 Å². The Bertz CT molecular complexity index is 786. The number of carbonyl (C=O) groups excluding carboxylic acids is 1. The lowest BCUT2D eigenvalue weighted by molar-refractivity contribution is 0.102. The standard InChI is InChI=1S/C13H12BrN3O3S/c14-9-4-8(5-10(15)6-9)13(18)17-11-2-1-3-12(7-11)21(16,19)20/h1-7H,15H2,(H,17,18)(H2,16,19,20). The summed E-state index contributed by atoms with van der Waals surface area (Å²) >= 11 is 3.25. The molecule has 0 aliphatic heterocycles. The zero-order valence-electron chi connectivity index (χ0n) is 10.7. The van der Waals surface area contributed by atoms with Crippen molar-refractivity contribution in [1.82, 2.24) is 0 Å². The maximum Gasteiger partial charge on any atom is 0.255 e. The van der Waals surface area contributed by atoms with Gasteiger partial charge in [0, 0.05) is 21.4 Å². The first-order chi connectivity index (χ1) is 9.75. The molecule has 2 aromatic rings. The summed E-state index contributed by atoms with van der Waals surface area (Å²) in [7, 11) is -3.82. The predicted octanol–water partition coefficient (Wildman–Crippen LogP) is 1.93. The van der Waals surface area contributed by atoms with E-state index in [4.69, 9.17) is 10.9 Å². The molecular formula is C13H12BrN3O3S. The highest BCUT2D eigenvalue weighted by Gasteiger charge is 2.11. The number of amides is 1. The van der Waals surface area contributed by atoms with E-state index in [1.807, 2.05) is 0 Å². The highest BCUT2D eigenvalue weighted by Crippen LogP contribution is 2.19. The quantitative estimate of drug-likeness (QED) is 0.716. The average Bonchev–Trinajstić information content (AvgIpc) is 2.37. The summed E-state index contributed by atoms with van der Waals surface area (Å²) in [6.07, 6.45) is 0. The van der Waals surface area contributed by atoms with Crippen LogP contribution >= 0.6 is 15.9 Å². The molecular weight excluding hydrogens is 358 g/mol. The first-order valence-corrected chi connectivity index (χ1v) is 8.10. The molecule has 0 bridgehead atoms. The first kappa shape index (κ1) is 15.5. The number of hydrogen-bond acceptors (Lipinski definition) is 4. The molecule has 110 valence electrons. The van der Waals surface area contributed by atoms with Crippen LogP contribution in [-0.4, -0.2) is 14.3 Å². The van der Waals surface area contributed by atoms with Crippen LogP contribution in [0.1, 0.15) is 10.4 Å². The van der Waals surface area contributed by atoms with Crippen molar-refractivity contribution in [3.8, 4) is 0 Å². The minimum Gasteiger partial charge on any atom is -0.399 e. The lowest BCUT2D eigenvalue weighted by atomic mass is 10.2. The van der Waals surface area contributed by atoms with E-state index in [0.717, 1.165) is 0 Å². The van der Waals surface area contributed by atoms with Gasteiger partial charge in [-0.1, -0.05) is 22.0 Å². The van der Waals surface area contributed by atoms with Crippen LogP contribution in [-0.2, 0) is 10.0 Å². The Morgan fingerprint density at radius 2 is 1.86 bits per heavy atom. The van der Waals surface area contributed by atoms with Gasteiger partial charge in [-0.25, -0.2) is 13.6 Å². The summed E-state index contributed by atoms with van der Waals surface area (Å²) in [6, 6.07) is 10.5. The molecule has 5 N–H and O–H groups in total. The van der Waals surface area contributed by atoms with E-state index in [1.54, 1.807) is 18.2 Å². The molecule has 0 radical (unpaired) electrons. The molecule has 0 atom stereocenters. The third kappa shape index (κ3) is 4.03. The number of nitrogens with one attached hydrogen (secondary N) is 1. The van der Waals surface area contributed by atoms with Gasteiger partial charge in [-0.15, -0.1) is 0 Å². The van der Waals surface area contributed by atoms with Gasteiger partial charge in [0.05, 0.1) is 4.90 Å². The highest BCUT2D eigenvalue weighted by atomic mass is 79.9. The number of nitrogens with two attached hydrogens (primary N) is 2. The number of anilines is 2. The third-order valence-corrected chi connectivity index (χ3v) is 3.97. The Kier molecular flexibility index (Phi) is 4.31. The zero-order chi connectivity index (χ0) is 15.6. The summed E-state index contributed by atoms with van der Waals surface area (Å²) in [5, 5.41) is 7.63. The number of halogens is 1. The Morgan fingerprint density at radius 1 is 1.14 bits per heavy atom. The molecule has 8 heteroatoms. The third-order valence-electron chi connectivity index (χ3n) is 2.60. The van der Waals surface area contributed by atoms with E-state index < -0.39 is 15.9 Å². The predicted molar refractivity (Wildman–Crippen MR) is 84.3 cm³/mol. The molecule has 2 rings (SSSR count). The smallest absolute Gasteiger partial charge is 0.255 e. The fourth-order valence-electron chi connectivity index (χ4n) is 1.70. The second kappa shape index (κ2) is 5.84. The number of sulfonamides is 1. The summed E-state index contributed by atoms with van der Waals surface area (Å²) in [6.45, 7) is 0. The van der Waals surface area contributed by atoms with Crippen LogP contribution < -0.4 is 16.2 Å². The van der Waals surface area contributed by atoms with Crippen molar-refractivity contribution < 1.29 is 13.2 Å². The minimum absolute atomic E-state index is 0.0749. The largest absolute Gasteiger partial charge is 0.399 e.